The number of ketones is 1. The minimum atomic E-state index is -0.707. The molecule has 0 bridgehead atoms. The first-order valence-corrected chi connectivity index (χ1v) is 6.08. The van der Waals surface area contributed by atoms with E-state index in [-0.39, 0.29) is 11.9 Å². The fraction of sp³-hybridized carbons (Fsp3) is 0.846. The molecule has 1 fully saturated rings. The van der Waals surface area contributed by atoms with Crippen molar-refractivity contribution in [3.8, 4) is 0 Å². The van der Waals surface area contributed by atoms with Gasteiger partial charge in [-0.05, 0) is 47.0 Å². The van der Waals surface area contributed by atoms with Crippen LogP contribution in [-0.2, 0) is 9.53 Å². The number of amides is 1. The first kappa shape index (κ1) is 14.0. The van der Waals surface area contributed by atoms with Crippen LogP contribution < -0.4 is 0 Å². The fourth-order valence-corrected chi connectivity index (χ4v) is 2.29. The summed E-state index contributed by atoms with van der Waals surface area (Å²) >= 11 is 0. The molecule has 4 nitrogen and oxygen atoms in total. The summed E-state index contributed by atoms with van der Waals surface area (Å²) < 4.78 is 5.35. The highest BCUT2D eigenvalue weighted by molar-refractivity contribution is 5.90. The van der Waals surface area contributed by atoms with E-state index in [4.69, 9.17) is 4.74 Å². The van der Waals surface area contributed by atoms with E-state index in [0.717, 1.165) is 0 Å². The van der Waals surface area contributed by atoms with Gasteiger partial charge in [-0.15, -0.1) is 0 Å². The molecule has 1 amide bonds. The molecule has 0 aromatic rings. The number of ether oxygens (including phenoxy) is 1. The summed E-state index contributed by atoms with van der Waals surface area (Å²) in [6.07, 6.45) is 0.321. The second kappa shape index (κ2) is 4.31. The molecule has 1 saturated heterocycles. The van der Waals surface area contributed by atoms with Crippen molar-refractivity contribution in [3.63, 3.8) is 0 Å². The summed E-state index contributed by atoms with van der Waals surface area (Å²) in [7, 11) is 0. The molecule has 0 radical (unpaired) electrons. The predicted octanol–water partition coefficient (Wildman–Crippen LogP) is 2.61. The lowest BCUT2D eigenvalue weighted by Crippen LogP contribution is -2.51. The van der Waals surface area contributed by atoms with Crippen LogP contribution >= 0.6 is 0 Å². The number of carbonyl (C=O) groups excluding carboxylic acids is 2. The Morgan fingerprint density at radius 2 is 1.88 bits per heavy atom. The van der Waals surface area contributed by atoms with Crippen LogP contribution in [0.25, 0.3) is 0 Å². The van der Waals surface area contributed by atoms with Gasteiger partial charge in [0.2, 0.25) is 0 Å². The van der Waals surface area contributed by atoms with Gasteiger partial charge in [0.05, 0.1) is 0 Å². The van der Waals surface area contributed by atoms with E-state index < -0.39 is 11.1 Å². The molecule has 1 heterocycles. The van der Waals surface area contributed by atoms with Crippen LogP contribution in [-0.4, -0.2) is 34.5 Å². The molecule has 1 rings (SSSR count). The molecule has 0 saturated carbocycles. The van der Waals surface area contributed by atoms with Crippen LogP contribution in [0.1, 0.15) is 48.0 Å². The van der Waals surface area contributed by atoms with Crippen LogP contribution in [0, 0.1) is 5.92 Å². The number of rotatable bonds is 1. The maximum atomic E-state index is 12.1. The largest absolute Gasteiger partial charge is 0.444 e. The average molecular weight is 241 g/mol. The van der Waals surface area contributed by atoms with Crippen molar-refractivity contribution in [2.45, 2.75) is 59.1 Å². The zero-order valence-corrected chi connectivity index (χ0v) is 11.7. The van der Waals surface area contributed by atoms with Crippen molar-refractivity contribution < 1.29 is 14.3 Å². The van der Waals surface area contributed by atoms with Crippen LogP contribution in [0.3, 0.4) is 0 Å². The Kier molecular flexibility index (Phi) is 3.55. The average Bonchev–Trinajstić information content (AvgIpc) is 2.40. The minimum Gasteiger partial charge on any atom is -0.444 e. The number of nitrogens with zero attached hydrogens (tertiary/aromatic N) is 1. The smallest absolute Gasteiger partial charge is 0.411 e. The van der Waals surface area contributed by atoms with E-state index >= 15 is 0 Å². The molecule has 0 spiro atoms. The molecular formula is C13H23NO3. The molecule has 1 aliphatic rings. The van der Waals surface area contributed by atoms with Crippen molar-refractivity contribution in [2.75, 3.05) is 6.54 Å². The summed E-state index contributed by atoms with van der Waals surface area (Å²) in [5.74, 6) is 0.351. The summed E-state index contributed by atoms with van der Waals surface area (Å²) in [5, 5.41) is 0. The summed E-state index contributed by atoms with van der Waals surface area (Å²) in [6, 6.07) is 0. The van der Waals surface area contributed by atoms with Gasteiger partial charge >= 0.3 is 6.09 Å². The zero-order chi connectivity index (χ0) is 13.4. The number of hydrogen-bond acceptors (Lipinski definition) is 3. The van der Waals surface area contributed by atoms with Crippen molar-refractivity contribution in [2.24, 2.45) is 5.92 Å². The van der Waals surface area contributed by atoms with Crippen LogP contribution in [0.5, 0.6) is 0 Å². The molecule has 0 aromatic carbocycles. The second-order valence-electron chi connectivity index (χ2n) is 6.23. The summed E-state index contributed by atoms with van der Waals surface area (Å²) in [4.78, 5) is 25.4. The molecule has 98 valence electrons. The van der Waals surface area contributed by atoms with Gasteiger partial charge in [-0.1, -0.05) is 6.92 Å². The molecule has 0 unspecified atom stereocenters. The van der Waals surface area contributed by atoms with E-state index in [0.29, 0.717) is 18.9 Å². The van der Waals surface area contributed by atoms with Crippen molar-refractivity contribution >= 4 is 11.9 Å². The minimum absolute atomic E-state index is 0.0210. The Bertz CT molecular complexity index is 332. The number of carbonyl (C=O) groups is 2. The molecule has 17 heavy (non-hydrogen) atoms. The standard InChI is InChI=1S/C13H23NO3/c1-9-7-13(6,10(2)15)14(8-9)11(16)17-12(3,4)5/h9H,7-8H2,1-6H3/t9-,13+/m1/s1. The fourth-order valence-electron chi connectivity index (χ4n) is 2.29. The van der Waals surface area contributed by atoms with Crippen molar-refractivity contribution in [1.29, 1.82) is 0 Å². The molecule has 1 aliphatic heterocycles. The van der Waals surface area contributed by atoms with Gasteiger partial charge in [0.25, 0.3) is 0 Å². The molecule has 0 N–H and O–H groups in total. The van der Waals surface area contributed by atoms with E-state index in [1.165, 1.54) is 6.92 Å². The number of Topliss-reactive ketones (excluding diaryl/α,β-unsaturated/α-hetero) is 1. The van der Waals surface area contributed by atoms with Crippen molar-refractivity contribution in [1.82, 2.24) is 4.90 Å². The maximum Gasteiger partial charge on any atom is 0.411 e. The SMILES string of the molecule is CC(=O)[C@]1(C)C[C@@H](C)CN1C(=O)OC(C)(C)C. The molecule has 4 heteroatoms. The third kappa shape index (κ3) is 2.99. The van der Waals surface area contributed by atoms with Gasteiger partial charge in [-0.25, -0.2) is 4.79 Å². The van der Waals surface area contributed by atoms with Gasteiger partial charge in [-0.3, -0.25) is 9.69 Å². The van der Waals surface area contributed by atoms with Gasteiger partial charge < -0.3 is 4.74 Å². The summed E-state index contributed by atoms with van der Waals surface area (Å²) in [5.41, 5.74) is -1.23. The third-order valence-corrected chi connectivity index (χ3v) is 3.21. The van der Waals surface area contributed by atoms with Gasteiger partial charge in [0.1, 0.15) is 11.1 Å². The van der Waals surface area contributed by atoms with E-state index in [9.17, 15) is 9.59 Å². The summed E-state index contributed by atoms with van der Waals surface area (Å²) in [6.45, 7) is 11.5. The van der Waals surface area contributed by atoms with E-state index in [1.807, 2.05) is 34.6 Å². The molecule has 2 atom stereocenters. The lowest BCUT2D eigenvalue weighted by atomic mass is 9.91. The highest BCUT2D eigenvalue weighted by Crippen LogP contribution is 2.34. The van der Waals surface area contributed by atoms with Crippen LogP contribution in [0.2, 0.25) is 0 Å². The Morgan fingerprint density at radius 3 is 2.29 bits per heavy atom. The third-order valence-electron chi connectivity index (χ3n) is 3.21. The topological polar surface area (TPSA) is 46.6 Å². The van der Waals surface area contributed by atoms with E-state index in [2.05, 4.69) is 0 Å². The van der Waals surface area contributed by atoms with E-state index in [1.54, 1.807) is 4.90 Å². The highest BCUT2D eigenvalue weighted by atomic mass is 16.6. The van der Waals surface area contributed by atoms with Gasteiger partial charge in [0, 0.05) is 6.54 Å². The molecule has 0 aromatic heterocycles. The van der Waals surface area contributed by atoms with Crippen LogP contribution in [0.15, 0.2) is 0 Å². The van der Waals surface area contributed by atoms with Gasteiger partial charge in [-0.2, -0.15) is 0 Å². The monoisotopic (exact) mass is 241 g/mol. The molecular weight excluding hydrogens is 218 g/mol. The first-order valence-electron chi connectivity index (χ1n) is 6.08. The normalized spacial score (nSPS) is 29.3. The van der Waals surface area contributed by atoms with Crippen LogP contribution in [0.4, 0.5) is 4.79 Å². The molecule has 0 aliphatic carbocycles. The van der Waals surface area contributed by atoms with Gasteiger partial charge in [0.15, 0.2) is 5.78 Å². The Labute approximate surface area is 103 Å². The predicted molar refractivity (Wildman–Crippen MR) is 65.8 cm³/mol. The lowest BCUT2D eigenvalue weighted by Gasteiger charge is -2.34. The first-order chi connectivity index (χ1) is 7.56. The Balaban J connectivity index is 2.88. The lowest BCUT2D eigenvalue weighted by molar-refractivity contribution is -0.126. The quantitative estimate of drug-likeness (QED) is 0.709. The highest BCUT2D eigenvalue weighted by Gasteiger charge is 2.47. The maximum absolute atomic E-state index is 12.1. The number of likely N-dealkylation sites (tertiary alicyclic amines) is 1. The Morgan fingerprint density at radius 1 is 1.35 bits per heavy atom. The Hall–Kier alpha value is -1.06. The number of hydrogen-bond donors (Lipinski definition) is 0. The second-order valence-corrected chi connectivity index (χ2v) is 6.23. The van der Waals surface area contributed by atoms with Crippen molar-refractivity contribution in [3.05, 3.63) is 0 Å². The zero-order valence-electron chi connectivity index (χ0n) is 11.7.